The predicted octanol–water partition coefficient (Wildman–Crippen LogP) is 6.02. The zero-order valence-corrected chi connectivity index (χ0v) is 19.5. The van der Waals surface area contributed by atoms with E-state index in [-0.39, 0.29) is 11.9 Å². The van der Waals surface area contributed by atoms with E-state index in [1.807, 2.05) is 47.4 Å². The normalized spacial score (nSPS) is 14.1. The van der Waals surface area contributed by atoms with Gasteiger partial charge in [-0.1, -0.05) is 55.8 Å². The van der Waals surface area contributed by atoms with E-state index in [0.29, 0.717) is 5.92 Å². The van der Waals surface area contributed by atoms with E-state index in [1.54, 1.807) is 6.20 Å². The fourth-order valence-corrected chi connectivity index (χ4v) is 4.61. The second kappa shape index (κ2) is 11.5. The highest BCUT2D eigenvalue weighted by atomic mass is 16.2. The maximum atomic E-state index is 12.8. The summed E-state index contributed by atoms with van der Waals surface area (Å²) in [5.41, 5.74) is 2.54. The van der Waals surface area contributed by atoms with Crippen molar-refractivity contribution in [1.82, 2.24) is 9.88 Å². The van der Waals surface area contributed by atoms with Crippen LogP contribution in [0, 0.1) is 5.92 Å². The molecule has 1 aliphatic rings. The monoisotopic (exact) mass is 456 g/mol. The number of piperidine rings is 1. The van der Waals surface area contributed by atoms with Crippen molar-refractivity contribution < 1.29 is 9.59 Å². The highest BCUT2D eigenvalue weighted by Crippen LogP contribution is 2.26. The number of rotatable bonds is 8. The average Bonchev–Trinajstić information content (AvgIpc) is 2.88. The summed E-state index contributed by atoms with van der Waals surface area (Å²) in [4.78, 5) is 30.8. The molecule has 0 spiro atoms. The number of fused-ring (bicyclic) bond motifs is 1. The number of carbonyl (C=O) groups excluding carboxylic acids is 2. The van der Waals surface area contributed by atoms with Crippen LogP contribution in [0.3, 0.4) is 0 Å². The van der Waals surface area contributed by atoms with Crippen LogP contribution in [0.4, 0.5) is 16.2 Å². The largest absolute Gasteiger partial charge is 0.325 e. The van der Waals surface area contributed by atoms with E-state index in [9.17, 15) is 9.59 Å². The Kier molecular flexibility index (Phi) is 7.91. The van der Waals surface area contributed by atoms with E-state index in [2.05, 4.69) is 34.3 Å². The van der Waals surface area contributed by atoms with Crippen LogP contribution in [0.25, 0.3) is 10.8 Å². The highest BCUT2D eigenvalue weighted by molar-refractivity contribution is 6.01. The molecule has 176 valence electrons. The van der Waals surface area contributed by atoms with E-state index in [4.69, 9.17) is 0 Å². The van der Waals surface area contributed by atoms with Gasteiger partial charge in [0.05, 0.1) is 17.1 Å². The second-order valence-electron chi connectivity index (χ2n) is 8.82. The van der Waals surface area contributed by atoms with Crippen LogP contribution in [-0.2, 0) is 11.2 Å². The molecule has 2 N–H and O–H groups in total. The molecule has 0 unspecified atom stereocenters. The van der Waals surface area contributed by atoms with Crippen LogP contribution < -0.4 is 10.6 Å². The first kappa shape index (κ1) is 23.5. The molecule has 2 aromatic carbocycles. The van der Waals surface area contributed by atoms with Gasteiger partial charge in [-0.25, -0.2) is 4.79 Å². The van der Waals surface area contributed by atoms with E-state index in [0.717, 1.165) is 79.5 Å². The predicted molar refractivity (Wildman–Crippen MR) is 138 cm³/mol. The van der Waals surface area contributed by atoms with Gasteiger partial charge >= 0.3 is 6.03 Å². The van der Waals surface area contributed by atoms with Crippen molar-refractivity contribution in [3.05, 3.63) is 79.1 Å². The summed E-state index contributed by atoms with van der Waals surface area (Å²) in [6.07, 6.45) is 9.22. The Morgan fingerprint density at radius 3 is 2.56 bits per heavy atom. The molecule has 6 heteroatoms. The van der Waals surface area contributed by atoms with Gasteiger partial charge < -0.3 is 15.5 Å². The molecule has 0 atom stereocenters. The van der Waals surface area contributed by atoms with Crippen LogP contribution in [0.15, 0.2) is 73.4 Å². The molecule has 3 amide bonds. The van der Waals surface area contributed by atoms with E-state index >= 15 is 0 Å². The van der Waals surface area contributed by atoms with Crippen molar-refractivity contribution in [2.75, 3.05) is 23.7 Å². The number of likely N-dealkylation sites (tertiary alicyclic amines) is 1. The van der Waals surface area contributed by atoms with Gasteiger partial charge in [0, 0.05) is 24.7 Å². The van der Waals surface area contributed by atoms with Gasteiger partial charge in [-0.2, -0.15) is 0 Å². The van der Waals surface area contributed by atoms with Gasteiger partial charge in [-0.05, 0) is 61.3 Å². The standard InChI is InChI=1S/C28H32N4O2/c1-2-27(33)30-26-15-8-18-29-25(26)13-6-3-9-21-16-19-32(20-17-21)28(34)31-24-14-7-11-22-10-4-5-12-23(22)24/h2,4-5,7-8,10-12,14-15,18,21H,1,3,6,9,13,16-17,19-20H2,(H,30,33)(H,31,34). The molecule has 1 fully saturated rings. The summed E-state index contributed by atoms with van der Waals surface area (Å²) in [6, 6.07) is 17.8. The Morgan fingerprint density at radius 2 is 1.74 bits per heavy atom. The molecule has 0 saturated carbocycles. The molecule has 6 nitrogen and oxygen atoms in total. The fraction of sp³-hybridized carbons (Fsp3) is 0.321. The minimum Gasteiger partial charge on any atom is -0.325 e. The number of anilines is 2. The summed E-state index contributed by atoms with van der Waals surface area (Å²) in [5, 5.41) is 8.13. The molecule has 1 aromatic heterocycles. The van der Waals surface area contributed by atoms with Gasteiger partial charge in [-0.15, -0.1) is 0 Å². The highest BCUT2D eigenvalue weighted by Gasteiger charge is 2.23. The molecule has 2 heterocycles. The molecule has 1 saturated heterocycles. The lowest BCUT2D eigenvalue weighted by molar-refractivity contribution is -0.111. The number of hydrogen-bond acceptors (Lipinski definition) is 3. The molecule has 0 aliphatic carbocycles. The number of aromatic nitrogens is 1. The summed E-state index contributed by atoms with van der Waals surface area (Å²) in [5.74, 6) is 0.427. The van der Waals surface area contributed by atoms with E-state index in [1.165, 1.54) is 6.08 Å². The molecular formula is C28H32N4O2. The number of nitrogens with zero attached hydrogens (tertiary/aromatic N) is 2. The number of pyridine rings is 1. The third-order valence-electron chi connectivity index (χ3n) is 6.54. The first-order chi connectivity index (χ1) is 16.6. The van der Waals surface area contributed by atoms with Gasteiger partial charge in [0.15, 0.2) is 0 Å². The Labute approximate surface area is 201 Å². The molecular weight excluding hydrogens is 424 g/mol. The van der Waals surface area contributed by atoms with E-state index < -0.39 is 0 Å². The SMILES string of the molecule is C=CC(=O)Nc1cccnc1CCCCC1CCN(C(=O)Nc2cccc3ccccc23)CC1. The lowest BCUT2D eigenvalue weighted by Crippen LogP contribution is -2.41. The Morgan fingerprint density at radius 1 is 0.971 bits per heavy atom. The van der Waals surface area contributed by atoms with Crippen LogP contribution in [0.5, 0.6) is 0 Å². The zero-order chi connectivity index (χ0) is 23.8. The molecule has 0 bridgehead atoms. The third kappa shape index (κ3) is 6.01. The summed E-state index contributed by atoms with van der Waals surface area (Å²) in [6.45, 7) is 5.08. The van der Waals surface area contributed by atoms with Gasteiger partial charge in [0.25, 0.3) is 0 Å². The number of unbranched alkanes of at least 4 members (excludes halogenated alkanes) is 1. The number of benzene rings is 2. The summed E-state index contributed by atoms with van der Waals surface area (Å²) >= 11 is 0. The zero-order valence-electron chi connectivity index (χ0n) is 19.5. The molecule has 34 heavy (non-hydrogen) atoms. The van der Waals surface area contributed by atoms with Crippen molar-refractivity contribution in [2.45, 2.75) is 38.5 Å². The minimum atomic E-state index is -0.217. The molecule has 1 aliphatic heterocycles. The minimum absolute atomic E-state index is 0.0148. The number of urea groups is 1. The summed E-state index contributed by atoms with van der Waals surface area (Å²) in [7, 11) is 0. The smallest absolute Gasteiger partial charge is 0.321 e. The number of nitrogens with one attached hydrogen (secondary N) is 2. The molecule has 4 rings (SSSR count). The molecule has 3 aromatic rings. The molecule has 0 radical (unpaired) electrons. The lowest BCUT2D eigenvalue weighted by atomic mass is 9.91. The Hall–Kier alpha value is -3.67. The average molecular weight is 457 g/mol. The fourth-order valence-electron chi connectivity index (χ4n) is 4.61. The van der Waals surface area contributed by atoms with Crippen LogP contribution in [0.2, 0.25) is 0 Å². The van der Waals surface area contributed by atoms with Gasteiger partial charge in [-0.3, -0.25) is 9.78 Å². The van der Waals surface area contributed by atoms with Crippen LogP contribution in [-0.4, -0.2) is 34.9 Å². The lowest BCUT2D eigenvalue weighted by Gasteiger charge is -2.32. The number of hydrogen-bond donors (Lipinski definition) is 2. The number of amides is 3. The maximum absolute atomic E-state index is 12.8. The maximum Gasteiger partial charge on any atom is 0.321 e. The Balaban J connectivity index is 1.20. The van der Waals surface area contributed by atoms with Gasteiger partial charge in [0.1, 0.15) is 0 Å². The first-order valence-corrected chi connectivity index (χ1v) is 12.0. The topological polar surface area (TPSA) is 74.3 Å². The number of aryl methyl sites for hydroxylation is 1. The van der Waals surface area contributed by atoms with Crippen molar-refractivity contribution in [1.29, 1.82) is 0 Å². The van der Waals surface area contributed by atoms with Crippen LogP contribution >= 0.6 is 0 Å². The van der Waals surface area contributed by atoms with Crippen molar-refractivity contribution in [3.8, 4) is 0 Å². The van der Waals surface area contributed by atoms with Crippen molar-refractivity contribution in [2.24, 2.45) is 5.92 Å². The van der Waals surface area contributed by atoms with Crippen molar-refractivity contribution >= 4 is 34.1 Å². The van der Waals surface area contributed by atoms with Crippen LogP contribution in [0.1, 0.15) is 37.8 Å². The van der Waals surface area contributed by atoms with Crippen molar-refractivity contribution in [3.63, 3.8) is 0 Å². The summed E-state index contributed by atoms with van der Waals surface area (Å²) < 4.78 is 0. The number of carbonyl (C=O) groups is 2. The first-order valence-electron chi connectivity index (χ1n) is 12.0. The second-order valence-corrected chi connectivity index (χ2v) is 8.82. The third-order valence-corrected chi connectivity index (χ3v) is 6.54. The quantitative estimate of drug-likeness (QED) is 0.322. The van der Waals surface area contributed by atoms with Gasteiger partial charge in [0.2, 0.25) is 5.91 Å². The Bertz CT molecular complexity index is 1150.